The lowest BCUT2D eigenvalue weighted by atomic mass is 9.90. The van der Waals surface area contributed by atoms with Gasteiger partial charge in [-0.2, -0.15) is 0 Å². The summed E-state index contributed by atoms with van der Waals surface area (Å²) in [4.78, 5) is 2.37. The fraction of sp³-hybridized carbons (Fsp3) is 0.818. The lowest BCUT2D eigenvalue weighted by Gasteiger charge is -2.41. The number of nitrogens with zero attached hydrogens (tertiary/aromatic N) is 1. The van der Waals surface area contributed by atoms with E-state index in [0.717, 1.165) is 13.1 Å². The molecular formula is C11H20N2. The highest BCUT2D eigenvalue weighted by Crippen LogP contribution is 2.24. The maximum absolute atomic E-state index is 5.77. The largest absolute Gasteiger partial charge is 0.329 e. The smallest absolute Gasteiger partial charge is 0.0686 e. The van der Waals surface area contributed by atoms with Crippen molar-refractivity contribution in [2.75, 3.05) is 13.1 Å². The Morgan fingerprint density at radius 3 is 2.92 bits per heavy atom. The van der Waals surface area contributed by atoms with Gasteiger partial charge in [-0.25, -0.2) is 0 Å². The molecule has 2 N–H and O–H groups in total. The second-order valence-electron chi connectivity index (χ2n) is 4.00. The van der Waals surface area contributed by atoms with Crippen LogP contribution in [-0.4, -0.2) is 30.1 Å². The van der Waals surface area contributed by atoms with Gasteiger partial charge in [0.05, 0.1) is 6.04 Å². The van der Waals surface area contributed by atoms with Crippen LogP contribution < -0.4 is 5.73 Å². The normalized spacial score (nSPS) is 32.5. The molecule has 2 heteroatoms. The molecule has 1 aliphatic rings. The minimum absolute atomic E-state index is 0.233. The maximum atomic E-state index is 5.77. The molecule has 74 valence electrons. The molecule has 1 heterocycles. The highest BCUT2D eigenvalue weighted by Gasteiger charge is 2.29. The Balaban J connectivity index is 2.65. The maximum Gasteiger partial charge on any atom is 0.0686 e. The van der Waals surface area contributed by atoms with Gasteiger partial charge in [-0.3, -0.25) is 4.90 Å². The topological polar surface area (TPSA) is 29.3 Å². The third-order valence-electron chi connectivity index (χ3n) is 3.14. The summed E-state index contributed by atoms with van der Waals surface area (Å²) in [6.45, 7) is 6.19. The quantitative estimate of drug-likeness (QED) is 0.644. The molecule has 0 bridgehead atoms. The van der Waals surface area contributed by atoms with Crippen LogP contribution in [0.15, 0.2) is 0 Å². The number of hydrogen-bond acceptors (Lipinski definition) is 2. The number of nitrogens with two attached hydrogens (primary N) is 1. The summed E-state index contributed by atoms with van der Waals surface area (Å²) in [7, 11) is 0. The minimum atomic E-state index is 0.233. The molecule has 1 aliphatic heterocycles. The van der Waals surface area contributed by atoms with E-state index in [0.29, 0.717) is 12.0 Å². The third kappa shape index (κ3) is 2.24. The van der Waals surface area contributed by atoms with E-state index in [2.05, 4.69) is 24.7 Å². The second-order valence-corrected chi connectivity index (χ2v) is 4.00. The zero-order valence-electron chi connectivity index (χ0n) is 8.66. The van der Waals surface area contributed by atoms with Crippen LogP contribution >= 0.6 is 0 Å². The summed E-state index contributed by atoms with van der Waals surface area (Å²) < 4.78 is 0. The van der Waals surface area contributed by atoms with Crippen LogP contribution in [0.2, 0.25) is 0 Å². The van der Waals surface area contributed by atoms with Crippen LogP contribution in [0.25, 0.3) is 0 Å². The first kappa shape index (κ1) is 10.6. The monoisotopic (exact) mass is 180 g/mol. The second kappa shape index (κ2) is 4.64. The first-order valence-corrected chi connectivity index (χ1v) is 5.12. The van der Waals surface area contributed by atoms with Crippen molar-refractivity contribution in [2.45, 2.75) is 38.8 Å². The van der Waals surface area contributed by atoms with Gasteiger partial charge in [0.15, 0.2) is 0 Å². The van der Waals surface area contributed by atoms with Crippen molar-refractivity contribution in [3.05, 3.63) is 0 Å². The van der Waals surface area contributed by atoms with Crippen molar-refractivity contribution in [3.8, 4) is 12.3 Å². The SMILES string of the molecule is C#CC(C)N1CCCC(C)C1CN. The fourth-order valence-corrected chi connectivity index (χ4v) is 2.23. The molecule has 0 aromatic carbocycles. The van der Waals surface area contributed by atoms with Gasteiger partial charge in [-0.15, -0.1) is 6.42 Å². The van der Waals surface area contributed by atoms with E-state index in [1.165, 1.54) is 12.8 Å². The predicted molar refractivity (Wildman–Crippen MR) is 56.2 cm³/mol. The van der Waals surface area contributed by atoms with Gasteiger partial charge in [-0.1, -0.05) is 12.8 Å². The van der Waals surface area contributed by atoms with Crippen molar-refractivity contribution in [2.24, 2.45) is 11.7 Å². The van der Waals surface area contributed by atoms with E-state index < -0.39 is 0 Å². The van der Waals surface area contributed by atoms with Gasteiger partial charge in [0, 0.05) is 12.6 Å². The number of likely N-dealkylation sites (tertiary alicyclic amines) is 1. The van der Waals surface area contributed by atoms with Crippen LogP contribution in [-0.2, 0) is 0 Å². The Morgan fingerprint density at radius 2 is 2.38 bits per heavy atom. The average Bonchev–Trinajstić information content (AvgIpc) is 2.16. The molecule has 1 rings (SSSR count). The van der Waals surface area contributed by atoms with E-state index in [-0.39, 0.29) is 6.04 Å². The van der Waals surface area contributed by atoms with Crippen molar-refractivity contribution in [1.29, 1.82) is 0 Å². The van der Waals surface area contributed by atoms with Gasteiger partial charge < -0.3 is 5.73 Å². The molecule has 0 aromatic rings. The van der Waals surface area contributed by atoms with Crippen LogP contribution in [0.1, 0.15) is 26.7 Å². The number of terminal acetylenes is 1. The molecule has 0 radical (unpaired) electrons. The lowest BCUT2D eigenvalue weighted by Crippen LogP contribution is -2.51. The van der Waals surface area contributed by atoms with E-state index in [9.17, 15) is 0 Å². The van der Waals surface area contributed by atoms with Crippen LogP contribution in [0, 0.1) is 18.3 Å². The zero-order chi connectivity index (χ0) is 9.84. The van der Waals surface area contributed by atoms with Crippen molar-refractivity contribution in [3.63, 3.8) is 0 Å². The molecule has 0 amide bonds. The lowest BCUT2D eigenvalue weighted by molar-refractivity contribution is 0.0902. The van der Waals surface area contributed by atoms with Crippen molar-refractivity contribution >= 4 is 0 Å². The third-order valence-corrected chi connectivity index (χ3v) is 3.14. The summed E-state index contributed by atoms with van der Waals surface area (Å²) >= 11 is 0. The van der Waals surface area contributed by atoms with Gasteiger partial charge in [-0.05, 0) is 32.2 Å². The Labute approximate surface area is 81.5 Å². The van der Waals surface area contributed by atoms with Gasteiger partial charge in [0.1, 0.15) is 0 Å². The Morgan fingerprint density at radius 1 is 1.69 bits per heavy atom. The van der Waals surface area contributed by atoms with Gasteiger partial charge in [0.2, 0.25) is 0 Å². The van der Waals surface area contributed by atoms with Crippen LogP contribution in [0.5, 0.6) is 0 Å². The molecule has 0 saturated carbocycles. The fourth-order valence-electron chi connectivity index (χ4n) is 2.23. The van der Waals surface area contributed by atoms with E-state index in [1.54, 1.807) is 0 Å². The predicted octanol–water partition coefficient (Wildman–Crippen LogP) is 1.07. The van der Waals surface area contributed by atoms with Crippen LogP contribution in [0.4, 0.5) is 0 Å². The van der Waals surface area contributed by atoms with E-state index in [1.807, 2.05) is 0 Å². The summed E-state index contributed by atoms with van der Waals surface area (Å²) in [5, 5.41) is 0. The van der Waals surface area contributed by atoms with Gasteiger partial charge in [0.25, 0.3) is 0 Å². The molecular weight excluding hydrogens is 160 g/mol. The number of rotatable bonds is 2. The Kier molecular flexibility index (Phi) is 3.77. The number of piperidine rings is 1. The van der Waals surface area contributed by atoms with Gasteiger partial charge >= 0.3 is 0 Å². The molecule has 0 aliphatic carbocycles. The first-order chi connectivity index (χ1) is 6.20. The molecule has 1 saturated heterocycles. The summed E-state index contributed by atoms with van der Waals surface area (Å²) in [5.74, 6) is 3.48. The van der Waals surface area contributed by atoms with Crippen molar-refractivity contribution in [1.82, 2.24) is 4.90 Å². The zero-order valence-corrected chi connectivity index (χ0v) is 8.66. The summed E-state index contributed by atoms with van der Waals surface area (Å²) in [5.41, 5.74) is 5.77. The molecule has 3 atom stereocenters. The highest BCUT2D eigenvalue weighted by molar-refractivity contribution is 5.00. The standard InChI is InChI=1S/C11H20N2/c1-4-10(3)13-7-5-6-9(2)11(13)8-12/h1,9-11H,5-8,12H2,2-3H3. The minimum Gasteiger partial charge on any atom is -0.329 e. The van der Waals surface area contributed by atoms with Crippen molar-refractivity contribution < 1.29 is 0 Å². The number of hydrogen-bond donors (Lipinski definition) is 1. The first-order valence-electron chi connectivity index (χ1n) is 5.12. The van der Waals surface area contributed by atoms with E-state index in [4.69, 9.17) is 12.2 Å². The molecule has 2 nitrogen and oxygen atoms in total. The summed E-state index contributed by atoms with van der Waals surface area (Å²) in [6, 6.07) is 0.719. The van der Waals surface area contributed by atoms with Crippen LogP contribution in [0.3, 0.4) is 0 Å². The Bertz CT molecular complexity index is 195. The highest BCUT2D eigenvalue weighted by atomic mass is 15.2. The molecule has 1 fully saturated rings. The molecule has 0 spiro atoms. The molecule has 3 unspecified atom stereocenters. The molecule has 0 aromatic heterocycles. The summed E-state index contributed by atoms with van der Waals surface area (Å²) in [6.07, 6.45) is 7.97. The Hall–Kier alpha value is -0.520. The van der Waals surface area contributed by atoms with E-state index >= 15 is 0 Å². The average molecular weight is 180 g/mol. The molecule has 13 heavy (non-hydrogen) atoms.